The topological polar surface area (TPSA) is 76.5 Å². The van der Waals surface area contributed by atoms with Crippen LogP contribution in [0.1, 0.15) is 6.92 Å². The molecule has 0 bridgehead atoms. The number of methoxy groups -OCH3 is 1. The van der Waals surface area contributed by atoms with Crippen molar-refractivity contribution in [3.63, 3.8) is 0 Å². The fourth-order valence-corrected chi connectivity index (χ4v) is 4.04. The zero-order chi connectivity index (χ0) is 22.5. The average Bonchev–Trinajstić information content (AvgIpc) is 2.73. The number of rotatable bonds is 8. The molecule has 1 heterocycles. The molecule has 7 nitrogen and oxygen atoms in total. The van der Waals surface area contributed by atoms with Gasteiger partial charge in [-0.1, -0.05) is 23.4 Å². The molecule has 0 spiro atoms. The van der Waals surface area contributed by atoms with Gasteiger partial charge in [-0.05, 0) is 49.4 Å². The Balaban J connectivity index is 1.84. The van der Waals surface area contributed by atoms with Crippen molar-refractivity contribution in [1.29, 1.82) is 0 Å². The largest absolute Gasteiger partial charge is 0.383 e. The number of amides is 1. The molecule has 1 atom stereocenters. The number of benzene rings is 2. The van der Waals surface area contributed by atoms with Crippen molar-refractivity contribution in [2.24, 2.45) is 0 Å². The van der Waals surface area contributed by atoms with Crippen LogP contribution in [0.5, 0.6) is 0 Å². The van der Waals surface area contributed by atoms with Crippen molar-refractivity contribution in [3.05, 3.63) is 57.8 Å². The molecule has 2 aromatic carbocycles. The molecule has 31 heavy (non-hydrogen) atoms. The van der Waals surface area contributed by atoms with Crippen molar-refractivity contribution in [3.8, 4) is 0 Å². The summed E-state index contributed by atoms with van der Waals surface area (Å²) in [6.07, 6.45) is 0. The first-order valence-electron chi connectivity index (χ1n) is 9.74. The number of halogens is 1. The van der Waals surface area contributed by atoms with Crippen LogP contribution in [0, 0.1) is 0 Å². The number of hydrogen-bond acceptors (Lipinski definition) is 6. The normalized spacial score (nSPS) is 12.0. The Morgan fingerprint density at radius 2 is 1.97 bits per heavy atom. The maximum atomic E-state index is 13.0. The summed E-state index contributed by atoms with van der Waals surface area (Å²) >= 11 is 7.30. The zero-order valence-electron chi connectivity index (χ0n) is 17.9. The first kappa shape index (κ1) is 23.1. The minimum absolute atomic E-state index is 0.179. The lowest BCUT2D eigenvalue weighted by Crippen LogP contribution is -2.28. The number of aromatic nitrogens is 2. The van der Waals surface area contributed by atoms with Gasteiger partial charge in [0.1, 0.15) is 0 Å². The number of carbonyl (C=O) groups is 1. The van der Waals surface area contributed by atoms with E-state index in [0.29, 0.717) is 39.9 Å². The average molecular weight is 461 g/mol. The van der Waals surface area contributed by atoms with E-state index in [1.165, 1.54) is 11.8 Å². The summed E-state index contributed by atoms with van der Waals surface area (Å²) in [4.78, 5) is 32.4. The second kappa shape index (κ2) is 10.2. The number of nitrogens with one attached hydrogen (secondary N) is 1. The molecule has 164 valence electrons. The quantitative estimate of drug-likeness (QED) is 0.406. The molecule has 0 radical (unpaired) electrons. The molecule has 0 aliphatic rings. The molecule has 0 unspecified atom stereocenters. The molecule has 1 N–H and O–H groups in total. The van der Waals surface area contributed by atoms with E-state index in [1.54, 1.807) is 36.8 Å². The van der Waals surface area contributed by atoms with Crippen LogP contribution < -0.4 is 15.8 Å². The Morgan fingerprint density at radius 1 is 1.26 bits per heavy atom. The summed E-state index contributed by atoms with van der Waals surface area (Å²) in [6, 6.07) is 12.6. The molecular weight excluding hydrogens is 436 g/mol. The SMILES string of the molecule is COCCn1c(S[C@@H](C)C(=O)Nc2ccc(N(C)C)cc2)nc2cc(Cl)ccc2c1=O. The lowest BCUT2D eigenvalue weighted by atomic mass is 10.2. The highest BCUT2D eigenvalue weighted by Gasteiger charge is 2.20. The van der Waals surface area contributed by atoms with Gasteiger partial charge in [-0.15, -0.1) is 0 Å². The highest BCUT2D eigenvalue weighted by Crippen LogP contribution is 2.25. The third-order valence-electron chi connectivity index (χ3n) is 4.70. The molecular formula is C22H25ClN4O3S. The molecule has 0 saturated heterocycles. The van der Waals surface area contributed by atoms with Crippen LogP contribution >= 0.6 is 23.4 Å². The monoisotopic (exact) mass is 460 g/mol. The summed E-state index contributed by atoms with van der Waals surface area (Å²) in [5.41, 5.74) is 2.06. The van der Waals surface area contributed by atoms with Crippen molar-refractivity contribution in [2.75, 3.05) is 38.0 Å². The summed E-state index contributed by atoms with van der Waals surface area (Å²) in [5.74, 6) is -0.179. The Hall–Kier alpha value is -2.55. The molecule has 0 aliphatic heterocycles. The lowest BCUT2D eigenvalue weighted by molar-refractivity contribution is -0.115. The Kier molecular flexibility index (Phi) is 7.59. The van der Waals surface area contributed by atoms with Gasteiger partial charge in [0.25, 0.3) is 5.56 Å². The van der Waals surface area contributed by atoms with Gasteiger partial charge >= 0.3 is 0 Å². The smallest absolute Gasteiger partial charge is 0.262 e. The summed E-state index contributed by atoms with van der Waals surface area (Å²) in [6.45, 7) is 2.47. The van der Waals surface area contributed by atoms with Crippen LogP contribution in [0.4, 0.5) is 11.4 Å². The molecule has 0 fully saturated rings. The second-order valence-electron chi connectivity index (χ2n) is 7.20. The number of nitrogens with zero attached hydrogens (tertiary/aromatic N) is 3. The van der Waals surface area contributed by atoms with Gasteiger partial charge in [0.15, 0.2) is 5.16 Å². The molecule has 9 heteroatoms. The zero-order valence-corrected chi connectivity index (χ0v) is 19.5. The predicted octanol–water partition coefficient (Wildman–Crippen LogP) is 3.88. The van der Waals surface area contributed by atoms with Gasteiger partial charge in [0.2, 0.25) is 5.91 Å². The number of thioether (sulfide) groups is 1. The van der Waals surface area contributed by atoms with E-state index in [9.17, 15) is 9.59 Å². The Morgan fingerprint density at radius 3 is 2.61 bits per heavy atom. The highest BCUT2D eigenvalue weighted by molar-refractivity contribution is 8.00. The van der Waals surface area contributed by atoms with E-state index in [0.717, 1.165) is 5.69 Å². The number of ether oxygens (including phenoxy) is 1. The second-order valence-corrected chi connectivity index (χ2v) is 8.94. The van der Waals surface area contributed by atoms with Gasteiger partial charge in [-0.2, -0.15) is 0 Å². The van der Waals surface area contributed by atoms with E-state index in [-0.39, 0.29) is 11.5 Å². The van der Waals surface area contributed by atoms with Gasteiger partial charge in [0.05, 0.1) is 29.3 Å². The summed E-state index contributed by atoms with van der Waals surface area (Å²) in [5, 5.41) is 3.85. The van der Waals surface area contributed by atoms with E-state index < -0.39 is 5.25 Å². The van der Waals surface area contributed by atoms with Gasteiger partial charge in [-0.25, -0.2) is 4.98 Å². The van der Waals surface area contributed by atoms with Gasteiger partial charge < -0.3 is 15.0 Å². The van der Waals surface area contributed by atoms with Crippen LogP contribution in [0.15, 0.2) is 52.4 Å². The van der Waals surface area contributed by atoms with Gasteiger partial charge in [0, 0.05) is 37.6 Å². The Bertz CT molecular complexity index is 1130. The van der Waals surface area contributed by atoms with E-state index in [1.807, 2.05) is 43.3 Å². The van der Waals surface area contributed by atoms with Crippen LogP contribution in [-0.4, -0.2) is 48.5 Å². The van der Waals surface area contributed by atoms with Crippen molar-refractivity contribution in [1.82, 2.24) is 9.55 Å². The van der Waals surface area contributed by atoms with Crippen LogP contribution in [-0.2, 0) is 16.1 Å². The van der Waals surface area contributed by atoms with Crippen molar-refractivity contribution in [2.45, 2.75) is 23.9 Å². The van der Waals surface area contributed by atoms with Gasteiger partial charge in [-0.3, -0.25) is 14.2 Å². The fraction of sp³-hybridized carbons (Fsp3) is 0.318. The first-order valence-corrected chi connectivity index (χ1v) is 11.0. The molecule has 0 aliphatic carbocycles. The fourth-order valence-electron chi connectivity index (χ4n) is 2.94. The van der Waals surface area contributed by atoms with Crippen LogP contribution in [0.3, 0.4) is 0 Å². The van der Waals surface area contributed by atoms with E-state index in [2.05, 4.69) is 10.3 Å². The predicted molar refractivity (Wildman–Crippen MR) is 128 cm³/mol. The number of anilines is 2. The van der Waals surface area contributed by atoms with Crippen LogP contribution in [0.2, 0.25) is 5.02 Å². The molecule has 3 rings (SSSR count). The number of hydrogen-bond donors (Lipinski definition) is 1. The molecule has 1 amide bonds. The van der Waals surface area contributed by atoms with Crippen LogP contribution in [0.25, 0.3) is 10.9 Å². The van der Waals surface area contributed by atoms with E-state index in [4.69, 9.17) is 16.3 Å². The summed E-state index contributed by atoms with van der Waals surface area (Å²) in [7, 11) is 5.49. The Labute approximate surface area is 190 Å². The molecule has 1 aromatic heterocycles. The number of carbonyl (C=O) groups excluding carboxylic acids is 1. The van der Waals surface area contributed by atoms with Crippen molar-refractivity contribution >= 4 is 51.5 Å². The maximum absolute atomic E-state index is 13.0. The van der Waals surface area contributed by atoms with Crippen molar-refractivity contribution < 1.29 is 9.53 Å². The number of fused-ring (bicyclic) bond motifs is 1. The summed E-state index contributed by atoms with van der Waals surface area (Å²) < 4.78 is 6.69. The molecule has 3 aromatic rings. The highest BCUT2D eigenvalue weighted by atomic mass is 35.5. The first-order chi connectivity index (χ1) is 14.8. The minimum atomic E-state index is -0.481. The third-order valence-corrected chi connectivity index (χ3v) is 6.03. The van der Waals surface area contributed by atoms with E-state index >= 15 is 0 Å². The lowest BCUT2D eigenvalue weighted by Gasteiger charge is -2.17. The molecule has 0 saturated carbocycles. The minimum Gasteiger partial charge on any atom is -0.383 e. The maximum Gasteiger partial charge on any atom is 0.262 e. The third kappa shape index (κ3) is 5.58. The standard InChI is InChI=1S/C22H25ClN4O3S/c1-14(20(28)24-16-6-8-17(9-7-16)26(2)3)31-22-25-19-13-15(23)5-10-18(19)21(29)27(22)11-12-30-4/h5-10,13-14H,11-12H2,1-4H3,(H,24,28)/t14-/m0/s1.